The van der Waals surface area contributed by atoms with Gasteiger partial charge in [-0.2, -0.15) is 0 Å². The van der Waals surface area contributed by atoms with E-state index >= 15 is 0 Å². The molecule has 148 valence electrons. The lowest BCUT2D eigenvalue weighted by atomic mass is 10.1. The molecule has 8 heteroatoms. The number of hydrogen-bond acceptors (Lipinski definition) is 5. The van der Waals surface area contributed by atoms with Gasteiger partial charge in [0, 0.05) is 35.5 Å². The summed E-state index contributed by atoms with van der Waals surface area (Å²) in [5, 5.41) is 4.05. The minimum Gasteiger partial charge on any atom is -0.482 e. The summed E-state index contributed by atoms with van der Waals surface area (Å²) < 4.78 is 5.42. The van der Waals surface area contributed by atoms with Gasteiger partial charge in [-0.05, 0) is 23.8 Å². The molecule has 0 aliphatic carbocycles. The number of amides is 2. The zero-order chi connectivity index (χ0) is 20.2. The molecule has 0 bridgehead atoms. The van der Waals surface area contributed by atoms with Gasteiger partial charge in [0.1, 0.15) is 5.75 Å². The van der Waals surface area contributed by atoms with Crippen molar-refractivity contribution in [3.8, 4) is 5.75 Å². The van der Waals surface area contributed by atoms with Crippen molar-refractivity contribution < 1.29 is 14.3 Å². The monoisotopic (exact) mass is 427 g/mol. The van der Waals surface area contributed by atoms with Crippen molar-refractivity contribution in [3.63, 3.8) is 0 Å². The van der Waals surface area contributed by atoms with Crippen LogP contribution in [-0.2, 0) is 16.0 Å². The molecular weight excluding hydrogens is 410 g/mol. The molecule has 0 spiro atoms. The summed E-state index contributed by atoms with van der Waals surface area (Å²) >= 11 is 7.61. The molecule has 0 fully saturated rings. The number of aromatic nitrogens is 1. The third-order valence-electron chi connectivity index (χ3n) is 4.49. The third-order valence-corrected chi connectivity index (χ3v) is 5.77. The van der Waals surface area contributed by atoms with E-state index in [-0.39, 0.29) is 31.4 Å². The number of halogens is 1. The number of rotatable bonds is 6. The van der Waals surface area contributed by atoms with Crippen molar-refractivity contribution in [1.82, 2.24) is 4.98 Å². The van der Waals surface area contributed by atoms with Gasteiger partial charge in [-0.3, -0.25) is 9.59 Å². The topological polar surface area (TPSA) is 71.5 Å². The highest BCUT2D eigenvalue weighted by Gasteiger charge is 2.25. The van der Waals surface area contributed by atoms with Crippen molar-refractivity contribution in [3.05, 3.63) is 70.2 Å². The van der Waals surface area contributed by atoms with Crippen molar-refractivity contribution in [2.45, 2.75) is 12.8 Å². The van der Waals surface area contributed by atoms with Crippen LogP contribution >= 0.6 is 22.9 Å². The second-order valence-corrected chi connectivity index (χ2v) is 8.02. The summed E-state index contributed by atoms with van der Waals surface area (Å²) in [6, 6.07) is 15.0. The molecule has 0 radical (unpaired) electrons. The van der Waals surface area contributed by atoms with Crippen molar-refractivity contribution in [2.75, 3.05) is 23.4 Å². The highest BCUT2D eigenvalue weighted by Crippen LogP contribution is 2.31. The van der Waals surface area contributed by atoms with E-state index in [1.54, 1.807) is 11.1 Å². The van der Waals surface area contributed by atoms with Gasteiger partial charge in [0.2, 0.25) is 5.91 Å². The molecule has 6 nitrogen and oxygen atoms in total. The fraction of sp³-hybridized carbons (Fsp3) is 0.190. The van der Waals surface area contributed by atoms with Gasteiger partial charge in [-0.15, -0.1) is 11.3 Å². The molecule has 2 amide bonds. The van der Waals surface area contributed by atoms with Crippen molar-refractivity contribution in [2.24, 2.45) is 0 Å². The lowest BCUT2D eigenvalue weighted by Gasteiger charge is -2.29. The molecule has 2 heterocycles. The first-order valence-electron chi connectivity index (χ1n) is 9.10. The third kappa shape index (κ3) is 4.58. The predicted molar refractivity (Wildman–Crippen MR) is 114 cm³/mol. The lowest BCUT2D eigenvalue weighted by molar-refractivity contribution is -0.121. The fourth-order valence-electron chi connectivity index (χ4n) is 3.07. The standard InChI is InChI=1S/C21H18ClN3O3S/c22-16-6-2-1-5-14(16)11-15-12-23-21(29-15)24-19(26)9-10-25-17-7-3-4-8-18(17)28-13-20(25)27/h1-8,12H,9-11,13H2,(H,23,24,26). The Kier molecular flexibility index (Phi) is 5.78. The maximum atomic E-state index is 12.4. The number of benzene rings is 2. The Morgan fingerprint density at radius 2 is 2.00 bits per heavy atom. The van der Waals surface area contributed by atoms with Crippen molar-refractivity contribution in [1.29, 1.82) is 0 Å². The second-order valence-electron chi connectivity index (χ2n) is 6.50. The Balaban J connectivity index is 1.34. The smallest absolute Gasteiger partial charge is 0.265 e. The van der Waals surface area contributed by atoms with E-state index in [1.807, 2.05) is 48.5 Å². The quantitative estimate of drug-likeness (QED) is 0.641. The van der Waals surface area contributed by atoms with E-state index in [0.717, 1.165) is 10.4 Å². The first-order valence-corrected chi connectivity index (χ1v) is 10.3. The van der Waals surface area contributed by atoms with Gasteiger partial charge in [-0.25, -0.2) is 4.98 Å². The molecule has 3 aromatic rings. The average molecular weight is 428 g/mol. The van der Waals surface area contributed by atoms with Crippen LogP contribution in [-0.4, -0.2) is 29.9 Å². The van der Waals surface area contributed by atoms with Crippen LogP contribution in [0.5, 0.6) is 5.75 Å². The molecule has 1 aliphatic heterocycles. The van der Waals surface area contributed by atoms with Gasteiger partial charge in [0.05, 0.1) is 5.69 Å². The fourth-order valence-corrected chi connectivity index (χ4v) is 4.12. The number of anilines is 2. The molecule has 0 unspecified atom stereocenters. The number of hydrogen-bond donors (Lipinski definition) is 1. The first-order chi connectivity index (χ1) is 14.1. The highest BCUT2D eigenvalue weighted by atomic mass is 35.5. The number of fused-ring (bicyclic) bond motifs is 1. The molecule has 4 rings (SSSR count). The lowest BCUT2D eigenvalue weighted by Crippen LogP contribution is -2.40. The number of nitrogens with one attached hydrogen (secondary N) is 1. The van der Waals surface area contributed by atoms with Crippen LogP contribution in [0.25, 0.3) is 0 Å². The number of nitrogens with zero attached hydrogens (tertiary/aromatic N) is 2. The van der Waals surface area contributed by atoms with E-state index in [2.05, 4.69) is 10.3 Å². The second kappa shape index (κ2) is 8.63. The average Bonchev–Trinajstić information content (AvgIpc) is 3.15. The van der Waals surface area contributed by atoms with Crippen LogP contribution in [0.3, 0.4) is 0 Å². The van der Waals surface area contributed by atoms with E-state index < -0.39 is 0 Å². The number of ether oxygens (including phenoxy) is 1. The Labute approximate surface area is 177 Å². The van der Waals surface area contributed by atoms with Gasteiger partial charge < -0.3 is 15.0 Å². The van der Waals surface area contributed by atoms with E-state index in [9.17, 15) is 9.59 Å². The maximum absolute atomic E-state index is 12.4. The minimum atomic E-state index is -0.194. The SMILES string of the molecule is O=C(CCN1C(=O)COc2ccccc21)Nc1ncc(Cc2ccccc2Cl)s1. The highest BCUT2D eigenvalue weighted by molar-refractivity contribution is 7.15. The van der Waals surface area contributed by atoms with E-state index in [4.69, 9.17) is 16.3 Å². The van der Waals surface area contributed by atoms with Gasteiger partial charge in [0.25, 0.3) is 5.91 Å². The summed E-state index contributed by atoms with van der Waals surface area (Å²) in [5.41, 5.74) is 1.70. The van der Waals surface area contributed by atoms with Crippen LogP contribution in [0.1, 0.15) is 16.9 Å². The molecule has 0 saturated carbocycles. The Morgan fingerprint density at radius 3 is 2.86 bits per heavy atom. The summed E-state index contributed by atoms with van der Waals surface area (Å²) in [6.07, 6.45) is 2.57. The maximum Gasteiger partial charge on any atom is 0.265 e. The summed E-state index contributed by atoms with van der Waals surface area (Å²) in [4.78, 5) is 31.4. The van der Waals surface area contributed by atoms with Gasteiger partial charge in [0.15, 0.2) is 11.7 Å². The van der Waals surface area contributed by atoms with Crippen LogP contribution < -0.4 is 15.0 Å². The van der Waals surface area contributed by atoms with Crippen LogP contribution in [0.15, 0.2) is 54.7 Å². The van der Waals surface area contributed by atoms with Crippen LogP contribution in [0, 0.1) is 0 Å². The van der Waals surface area contributed by atoms with Crippen molar-refractivity contribution >= 4 is 45.6 Å². The minimum absolute atomic E-state index is 0.0173. The van der Waals surface area contributed by atoms with E-state index in [1.165, 1.54) is 11.3 Å². The largest absolute Gasteiger partial charge is 0.482 e. The number of carbonyl (C=O) groups excluding carboxylic acids is 2. The first kappa shape index (κ1) is 19.4. The number of carbonyl (C=O) groups is 2. The van der Waals surface area contributed by atoms with Crippen LogP contribution in [0.2, 0.25) is 5.02 Å². The van der Waals surface area contributed by atoms with Gasteiger partial charge >= 0.3 is 0 Å². The number of para-hydroxylation sites is 2. The Bertz CT molecular complexity index is 1050. The zero-order valence-electron chi connectivity index (χ0n) is 15.4. The van der Waals surface area contributed by atoms with Crippen LogP contribution in [0.4, 0.5) is 10.8 Å². The summed E-state index contributed by atoms with van der Waals surface area (Å²) in [5.74, 6) is 0.296. The normalized spacial score (nSPS) is 13.0. The molecule has 29 heavy (non-hydrogen) atoms. The molecule has 1 aliphatic rings. The van der Waals surface area contributed by atoms with E-state index in [0.29, 0.717) is 28.0 Å². The Hall–Kier alpha value is -2.90. The molecule has 1 aromatic heterocycles. The molecule has 0 saturated heterocycles. The number of thiazole rings is 1. The summed E-state index contributed by atoms with van der Waals surface area (Å²) in [6.45, 7) is 0.263. The zero-order valence-corrected chi connectivity index (χ0v) is 17.0. The predicted octanol–water partition coefficient (Wildman–Crippen LogP) is 4.14. The Morgan fingerprint density at radius 1 is 1.21 bits per heavy atom. The molecular formula is C21H18ClN3O3S. The summed E-state index contributed by atoms with van der Waals surface area (Å²) in [7, 11) is 0. The molecule has 1 N–H and O–H groups in total. The van der Waals surface area contributed by atoms with Gasteiger partial charge in [-0.1, -0.05) is 41.9 Å². The molecule has 2 aromatic carbocycles. The molecule has 0 atom stereocenters.